The number of rotatable bonds is 7. The molecule has 1 aliphatic carbocycles. The SMILES string of the molecule is CC(C)N(C)Cc1ccccc1CNC(=O)NC1CCCC1(C)CO. The molecule has 0 aliphatic heterocycles. The highest BCUT2D eigenvalue weighted by Crippen LogP contribution is 2.37. The molecule has 0 heterocycles. The third-order valence-corrected chi connectivity index (χ3v) is 5.61. The van der Waals surface area contributed by atoms with Crippen LogP contribution in [0, 0.1) is 5.41 Å². The van der Waals surface area contributed by atoms with Gasteiger partial charge in [-0.15, -0.1) is 0 Å². The number of carbonyl (C=O) groups excluding carboxylic acids is 1. The molecular formula is C20H33N3O2. The number of nitrogens with zero attached hydrogens (tertiary/aromatic N) is 1. The number of hydrogen-bond acceptors (Lipinski definition) is 3. The Morgan fingerprint density at radius 3 is 2.68 bits per heavy atom. The zero-order chi connectivity index (χ0) is 18.4. The van der Waals surface area contributed by atoms with E-state index in [-0.39, 0.29) is 24.1 Å². The number of carbonyl (C=O) groups is 1. The van der Waals surface area contributed by atoms with E-state index in [9.17, 15) is 9.90 Å². The summed E-state index contributed by atoms with van der Waals surface area (Å²) in [5, 5.41) is 15.6. The Hall–Kier alpha value is -1.59. The van der Waals surface area contributed by atoms with E-state index < -0.39 is 0 Å². The predicted octanol–water partition coefficient (Wildman–Crippen LogP) is 2.88. The molecule has 2 rings (SSSR count). The molecule has 2 amide bonds. The van der Waals surface area contributed by atoms with Gasteiger partial charge in [0, 0.05) is 30.6 Å². The van der Waals surface area contributed by atoms with E-state index in [1.54, 1.807) is 0 Å². The highest BCUT2D eigenvalue weighted by Gasteiger charge is 2.39. The number of aliphatic hydroxyl groups is 1. The lowest BCUT2D eigenvalue weighted by Crippen LogP contribution is -2.48. The molecule has 25 heavy (non-hydrogen) atoms. The fourth-order valence-electron chi connectivity index (χ4n) is 3.39. The van der Waals surface area contributed by atoms with Gasteiger partial charge in [-0.2, -0.15) is 0 Å². The normalized spacial score (nSPS) is 23.2. The summed E-state index contributed by atoms with van der Waals surface area (Å²) in [6, 6.07) is 8.60. The third kappa shape index (κ3) is 5.19. The maximum Gasteiger partial charge on any atom is 0.315 e. The van der Waals surface area contributed by atoms with Crippen molar-refractivity contribution in [2.75, 3.05) is 13.7 Å². The molecule has 1 fully saturated rings. The Labute approximate surface area is 151 Å². The van der Waals surface area contributed by atoms with Crippen LogP contribution in [0.4, 0.5) is 4.79 Å². The van der Waals surface area contributed by atoms with Crippen LogP contribution < -0.4 is 10.6 Å². The molecular weight excluding hydrogens is 314 g/mol. The Bertz CT molecular complexity index is 576. The predicted molar refractivity (Wildman–Crippen MR) is 101 cm³/mol. The third-order valence-electron chi connectivity index (χ3n) is 5.61. The van der Waals surface area contributed by atoms with Crippen molar-refractivity contribution in [3.05, 3.63) is 35.4 Å². The lowest BCUT2D eigenvalue weighted by atomic mass is 9.86. The lowest BCUT2D eigenvalue weighted by molar-refractivity contribution is 0.121. The average Bonchev–Trinajstić information content (AvgIpc) is 2.95. The van der Waals surface area contributed by atoms with E-state index >= 15 is 0 Å². The summed E-state index contributed by atoms with van der Waals surface area (Å²) >= 11 is 0. The molecule has 0 spiro atoms. The highest BCUT2D eigenvalue weighted by atomic mass is 16.3. The molecule has 2 unspecified atom stereocenters. The highest BCUT2D eigenvalue weighted by molar-refractivity contribution is 5.74. The fourth-order valence-corrected chi connectivity index (χ4v) is 3.39. The summed E-state index contributed by atoms with van der Waals surface area (Å²) in [4.78, 5) is 14.6. The van der Waals surface area contributed by atoms with Crippen molar-refractivity contribution < 1.29 is 9.90 Å². The van der Waals surface area contributed by atoms with Crippen molar-refractivity contribution in [3.63, 3.8) is 0 Å². The van der Waals surface area contributed by atoms with Crippen LogP contribution in [0.2, 0.25) is 0 Å². The zero-order valence-corrected chi connectivity index (χ0v) is 16.0. The quantitative estimate of drug-likeness (QED) is 0.711. The van der Waals surface area contributed by atoms with Gasteiger partial charge in [0.1, 0.15) is 0 Å². The summed E-state index contributed by atoms with van der Waals surface area (Å²) in [5.74, 6) is 0. The van der Waals surface area contributed by atoms with Crippen LogP contribution in [0.3, 0.4) is 0 Å². The van der Waals surface area contributed by atoms with Gasteiger partial charge in [-0.3, -0.25) is 4.90 Å². The first-order valence-electron chi connectivity index (χ1n) is 9.28. The van der Waals surface area contributed by atoms with Crippen LogP contribution in [-0.2, 0) is 13.1 Å². The van der Waals surface area contributed by atoms with Crippen LogP contribution in [0.15, 0.2) is 24.3 Å². The van der Waals surface area contributed by atoms with Crippen LogP contribution in [0.1, 0.15) is 51.2 Å². The van der Waals surface area contributed by atoms with E-state index in [0.29, 0.717) is 12.6 Å². The maximum atomic E-state index is 12.3. The molecule has 0 radical (unpaired) electrons. The average molecular weight is 348 g/mol. The number of hydrogen-bond donors (Lipinski definition) is 3. The molecule has 0 saturated heterocycles. The van der Waals surface area contributed by atoms with Crippen LogP contribution >= 0.6 is 0 Å². The summed E-state index contributed by atoms with van der Waals surface area (Å²) < 4.78 is 0. The smallest absolute Gasteiger partial charge is 0.315 e. The Morgan fingerprint density at radius 1 is 1.36 bits per heavy atom. The topological polar surface area (TPSA) is 64.6 Å². The van der Waals surface area contributed by atoms with Crippen molar-refractivity contribution in [2.24, 2.45) is 5.41 Å². The van der Waals surface area contributed by atoms with Gasteiger partial charge in [-0.1, -0.05) is 37.6 Å². The minimum atomic E-state index is -0.199. The van der Waals surface area contributed by atoms with Gasteiger partial charge < -0.3 is 15.7 Å². The Balaban J connectivity index is 1.92. The number of urea groups is 1. The maximum absolute atomic E-state index is 12.3. The van der Waals surface area contributed by atoms with Crippen LogP contribution in [-0.4, -0.2) is 41.8 Å². The zero-order valence-electron chi connectivity index (χ0n) is 16.0. The first-order chi connectivity index (χ1) is 11.9. The molecule has 1 aromatic rings. The fraction of sp³-hybridized carbons (Fsp3) is 0.650. The monoisotopic (exact) mass is 347 g/mol. The molecule has 0 aromatic heterocycles. The minimum Gasteiger partial charge on any atom is -0.396 e. The molecule has 1 aliphatic rings. The van der Waals surface area contributed by atoms with Gasteiger partial charge in [0.15, 0.2) is 0 Å². The molecule has 140 valence electrons. The Morgan fingerprint density at radius 2 is 2.04 bits per heavy atom. The van der Waals surface area contributed by atoms with Crippen molar-refractivity contribution in [1.29, 1.82) is 0 Å². The van der Waals surface area contributed by atoms with Crippen molar-refractivity contribution in [2.45, 2.75) is 65.2 Å². The number of benzene rings is 1. The van der Waals surface area contributed by atoms with E-state index in [1.165, 1.54) is 5.56 Å². The second-order valence-electron chi connectivity index (χ2n) is 7.86. The largest absolute Gasteiger partial charge is 0.396 e. The van der Waals surface area contributed by atoms with Gasteiger partial charge in [0.05, 0.1) is 6.61 Å². The number of amides is 2. The van der Waals surface area contributed by atoms with Crippen LogP contribution in [0.25, 0.3) is 0 Å². The summed E-state index contributed by atoms with van der Waals surface area (Å²) in [6.45, 7) is 7.88. The number of nitrogens with one attached hydrogen (secondary N) is 2. The molecule has 1 saturated carbocycles. The van der Waals surface area contributed by atoms with Crippen molar-refractivity contribution >= 4 is 6.03 Å². The summed E-state index contributed by atoms with van der Waals surface area (Å²) in [7, 11) is 2.11. The molecule has 3 N–H and O–H groups in total. The van der Waals surface area contributed by atoms with Gasteiger partial charge in [0.25, 0.3) is 0 Å². The second-order valence-corrected chi connectivity index (χ2v) is 7.86. The van der Waals surface area contributed by atoms with Crippen molar-refractivity contribution in [1.82, 2.24) is 15.5 Å². The molecule has 5 heteroatoms. The van der Waals surface area contributed by atoms with Gasteiger partial charge in [-0.25, -0.2) is 4.79 Å². The Kier molecular flexibility index (Phi) is 6.85. The van der Waals surface area contributed by atoms with Gasteiger partial charge in [0.2, 0.25) is 0 Å². The molecule has 1 aromatic carbocycles. The second kappa shape index (κ2) is 8.68. The lowest BCUT2D eigenvalue weighted by Gasteiger charge is -2.30. The molecule has 0 bridgehead atoms. The minimum absolute atomic E-state index is 0.0415. The molecule has 2 atom stereocenters. The van der Waals surface area contributed by atoms with E-state index in [0.717, 1.165) is 31.4 Å². The van der Waals surface area contributed by atoms with E-state index in [1.807, 2.05) is 19.1 Å². The first kappa shape index (κ1) is 19.7. The van der Waals surface area contributed by atoms with E-state index in [4.69, 9.17) is 0 Å². The molecule has 5 nitrogen and oxygen atoms in total. The van der Waals surface area contributed by atoms with Gasteiger partial charge >= 0.3 is 6.03 Å². The van der Waals surface area contributed by atoms with Crippen molar-refractivity contribution in [3.8, 4) is 0 Å². The summed E-state index contributed by atoms with van der Waals surface area (Å²) in [6.07, 6.45) is 2.94. The van der Waals surface area contributed by atoms with Gasteiger partial charge in [-0.05, 0) is 44.9 Å². The number of aliphatic hydroxyl groups excluding tert-OH is 1. The summed E-state index contributed by atoms with van der Waals surface area (Å²) in [5.41, 5.74) is 2.18. The van der Waals surface area contributed by atoms with Crippen LogP contribution in [0.5, 0.6) is 0 Å². The standard InChI is InChI=1S/C20H33N3O2/c1-15(2)23(4)13-17-9-6-5-8-16(17)12-21-19(25)22-18-10-7-11-20(18,3)14-24/h5-6,8-9,15,18,24H,7,10-14H2,1-4H3,(H2,21,22,25). The first-order valence-corrected chi connectivity index (χ1v) is 9.28. The van der Waals surface area contributed by atoms with E-state index in [2.05, 4.69) is 48.6 Å².